The number of halogens is 3. The molecule has 0 spiro atoms. The number of amides is 2. The molecule has 3 rings (SSSR count). The fraction of sp³-hybridized carbons (Fsp3) is 0.292. The van der Waals surface area contributed by atoms with Crippen LogP contribution in [0.5, 0.6) is 5.75 Å². The van der Waals surface area contributed by atoms with Crippen molar-refractivity contribution in [1.82, 2.24) is 9.88 Å². The highest BCUT2D eigenvalue weighted by molar-refractivity contribution is 5.97. The van der Waals surface area contributed by atoms with E-state index in [0.29, 0.717) is 32.5 Å². The molecule has 11 heteroatoms. The quantitative estimate of drug-likeness (QED) is 0.470. The fourth-order valence-corrected chi connectivity index (χ4v) is 3.44. The standard InChI is InChI=1S/C24H23F3N2O6/c1-23(2,3)35-22(33)29(21(31)32)12-15-11-18(17-5-4-10-28-20(17)19(15)13-30)14-6-8-16(9-7-14)34-24(25,26)27/h4-11,30H,12-13H2,1-3H3,(H,31,32). The third-order valence-corrected chi connectivity index (χ3v) is 4.82. The van der Waals surface area contributed by atoms with Crippen molar-refractivity contribution in [2.45, 2.75) is 45.9 Å². The number of imide groups is 1. The zero-order chi connectivity index (χ0) is 26.0. The van der Waals surface area contributed by atoms with E-state index < -0.39 is 43.1 Å². The molecule has 2 N–H and O–H groups in total. The average Bonchev–Trinajstić information content (AvgIpc) is 2.74. The van der Waals surface area contributed by atoms with E-state index in [-0.39, 0.29) is 5.56 Å². The minimum atomic E-state index is -4.84. The van der Waals surface area contributed by atoms with Crippen LogP contribution in [0, 0.1) is 0 Å². The van der Waals surface area contributed by atoms with Gasteiger partial charge in [-0.3, -0.25) is 4.98 Å². The van der Waals surface area contributed by atoms with E-state index in [9.17, 15) is 33.0 Å². The third kappa shape index (κ3) is 6.38. The summed E-state index contributed by atoms with van der Waals surface area (Å²) >= 11 is 0. The van der Waals surface area contributed by atoms with Crippen LogP contribution in [-0.2, 0) is 17.9 Å². The number of rotatable bonds is 5. The molecule has 0 aliphatic heterocycles. The van der Waals surface area contributed by atoms with Crippen molar-refractivity contribution >= 4 is 23.1 Å². The van der Waals surface area contributed by atoms with Crippen molar-refractivity contribution in [3.05, 3.63) is 59.8 Å². The number of aliphatic hydroxyl groups excluding tert-OH is 1. The number of carbonyl (C=O) groups excluding carboxylic acids is 1. The highest BCUT2D eigenvalue weighted by Crippen LogP contribution is 2.34. The zero-order valence-electron chi connectivity index (χ0n) is 19.1. The van der Waals surface area contributed by atoms with Crippen LogP contribution < -0.4 is 4.74 Å². The molecule has 3 aromatic rings. The van der Waals surface area contributed by atoms with Gasteiger partial charge in [0.25, 0.3) is 0 Å². The summed E-state index contributed by atoms with van der Waals surface area (Å²) in [5, 5.41) is 20.3. The first-order chi connectivity index (χ1) is 16.3. The molecule has 8 nitrogen and oxygen atoms in total. The van der Waals surface area contributed by atoms with Gasteiger partial charge in [-0.25, -0.2) is 14.5 Å². The monoisotopic (exact) mass is 492 g/mol. The maximum Gasteiger partial charge on any atom is 0.573 e. The number of alkyl halides is 3. The molecular formula is C24H23F3N2O6. The first-order valence-electron chi connectivity index (χ1n) is 10.4. The van der Waals surface area contributed by atoms with Crippen molar-refractivity contribution in [1.29, 1.82) is 0 Å². The molecular weight excluding hydrogens is 469 g/mol. The summed E-state index contributed by atoms with van der Waals surface area (Å²) in [6.45, 7) is 3.83. The van der Waals surface area contributed by atoms with Crippen LogP contribution in [0.25, 0.3) is 22.0 Å². The Bertz CT molecular complexity index is 1240. The van der Waals surface area contributed by atoms with Crippen LogP contribution in [0.15, 0.2) is 48.7 Å². The minimum absolute atomic E-state index is 0.276. The Morgan fingerprint density at radius 3 is 2.29 bits per heavy atom. The lowest BCUT2D eigenvalue weighted by atomic mass is 9.93. The highest BCUT2D eigenvalue weighted by atomic mass is 19.4. The summed E-state index contributed by atoms with van der Waals surface area (Å²) in [6.07, 6.45) is -6.00. The summed E-state index contributed by atoms with van der Waals surface area (Å²) in [5.41, 5.74) is 0.984. The van der Waals surface area contributed by atoms with Crippen LogP contribution in [0.1, 0.15) is 31.9 Å². The Morgan fingerprint density at radius 1 is 1.09 bits per heavy atom. The van der Waals surface area contributed by atoms with Crippen molar-refractivity contribution in [3.8, 4) is 16.9 Å². The Hall–Kier alpha value is -3.86. The van der Waals surface area contributed by atoms with E-state index in [1.165, 1.54) is 18.3 Å². The minimum Gasteiger partial charge on any atom is -0.465 e. The van der Waals surface area contributed by atoms with Gasteiger partial charge in [0.15, 0.2) is 0 Å². The maximum atomic E-state index is 12.5. The number of pyridine rings is 1. The molecule has 0 aliphatic rings. The van der Waals surface area contributed by atoms with Gasteiger partial charge in [-0.15, -0.1) is 13.2 Å². The molecule has 0 aliphatic carbocycles. The third-order valence-electron chi connectivity index (χ3n) is 4.82. The molecule has 0 radical (unpaired) electrons. The lowest BCUT2D eigenvalue weighted by molar-refractivity contribution is -0.274. The summed E-state index contributed by atoms with van der Waals surface area (Å²) < 4.78 is 46.7. The fourth-order valence-electron chi connectivity index (χ4n) is 3.44. The molecule has 186 valence electrons. The summed E-state index contributed by atoms with van der Waals surface area (Å²) in [5.74, 6) is -0.405. The number of carboxylic acid groups (broad SMARTS) is 1. The zero-order valence-corrected chi connectivity index (χ0v) is 19.1. The molecule has 2 aromatic carbocycles. The molecule has 0 atom stereocenters. The van der Waals surface area contributed by atoms with Gasteiger partial charge in [-0.05, 0) is 61.7 Å². The van der Waals surface area contributed by atoms with Gasteiger partial charge in [0.05, 0.1) is 18.7 Å². The van der Waals surface area contributed by atoms with E-state index in [1.807, 2.05) is 0 Å². The van der Waals surface area contributed by atoms with Gasteiger partial charge in [0.1, 0.15) is 11.4 Å². The summed E-state index contributed by atoms with van der Waals surface area (Å²) in [6, 6.07) is 10.0. The van der Waals surface area contributed by atoms with Gasteiger partial charge < -0.3 is 19.7 Å². The number of hydrogen-bond acceptors (Lipinski definition) is 6. The van der Waals surface area contributed by atoms with Gasteiger partial charge in [0, 0.05) is 17.1 Å². The summed E-state index contributed by atoms with van der Waals surface area (Å²) in [4.78, 5) is 29.1. The summed E-state index contributed by atoms with van der Waals surface area (Å²) in [7, 11) is 0. The molecule has 0 saturated heterocycles. The predicted octanol–water partition coefficient (Wildman–Crippen LogP) is 5.71. The van der Waals surface area contributed by atoms with Gasteiger partial charge >= 0.3 is 18.5 Å². The van der Waals surface area contributed by atoms with Crippen molar-refractivity contribution in [2.24, 2.45) is 0 Å². The molecule has 0 fully saturated rings. The average molecular weight is 492 g/mol. The number of fused-ring (bicyclic) bond motifs is 1. The number of nitrogens with zero attached hydrogens (tertiary/aromatic N) is 2. The topological polar surface area (TPSA) is 109 Å². The second kappa shape index (κ2) is 9.79. The van der Waals surface area contributed by atoms with E-state index in [2.05, 4.69) is 9.72 Å². The van der Waals surface area contributed by atoms with Crippen LogP contribution in [0.2, 0.25) is 0 Å². The molecule has 0 bridgehead atoms. The van der Waals surface area contributed by atoms with Crippen molar-refractivity contribution < 1.29 is 42.4 Å². The van der Waals surface area contributed by atoms with E-state index >= 15 is 0 Å². The first kappa shape index (κ1) is 25.8. The van der Waals surface area contributed by atoms with Gasteiger partial charge in [-0.1, -0.05) is 18.2 Å². The molecule has 2 amide bonds. The SMILES string of the molecule is CC(C)(C)OC(=O)N(Cc1cc(-c2ccc(OC(F)(F)F)cc2)c2cccnc2c1CO)C(=O)O. The highest BCUT2D eigenvalue weighted by Gasteiger charge is 2.31. The molecule has 1 heterocycles. The Kier molecular flexibility index (Phi) is 7.20. The lowest BCUT2D eigenvalue weighted by Crippen LogP contribution is -2.39. The number of benzene rings is 2. The van der Waals surface area contributed by atoms with E-state index in [4.69, 9.17) is 4.74 Å². The molecule has 35 heavy (non-hydrogen) atoms. The van der Waals surface area contributed by atoms with Crippen molar-refractivity contribution in [2.75, 3.05) is 0 Å². The molecule has 1 aromatic heterocycles. The Morgan fingerprint density at radius 2 is 1.74 bits per heavy atom. The van der Waals surface area contributed by atoms with E-state index in [0.717, 1.165) is 12.1 Å². The first-order valence-corrected chi connectivity index (χ1v) is 10.4. The molecule has 0 unspecified atom stereocenters. The lowest BCUT2D eigenvalue weighted by Gasteiger charge is -2.25. The molecule has 0 saturated carbocycles. The number of aromatic nitrogens is 1. The van der Waals surface area contributed by atoms with Gasteiger partial charge in [-0.2, -0.15) is 0 Å². The maximum absolute atomic E-state index is 12.5. The van der Waals surface area contributed by atoms with Gasteiger partial charge in [0.2, 0.25) is 0 Å². The second-order valence-corrected chi connectivity index (χ2v) is 8.54. The largest absolute Gasteiger partial charge is 0.573 e. The van der Waals surface area contributed by atoms with Crippen LogP contribution in [0.4, 0.5) is 22.8 Å². The van der Waals surface area contributed by atoms with E-state index in [1.54, 1.807) is 39.0 Å². The second-order valence-electron chi connectivity index (χ2n) is 8.54. The van der Waals surface area contributed by atoms with Crippen LogP contribution in [-0.4, -0.2) is 44.2 Å². The number of hydrogen-bond donors (Lipinski definition) is 2. The number of ether oxygens (including phenoxy) is 2. The Balaban J connectivity index is 2.11. The van der Waals surface area contributed by atoms with Crippen LogP contribution >= 0.6 is 0 Å². The van der Waals surface area contributed by atoms with Crippen molar-refractivity contribution in [3.63, 3.8) is 0 Å². The predicted molar refractivity (Wildman–Crippen MR) is 120 cm³/mol. The number of carbonyl (C=O) groups is 2. The number of aliphatic hydroxyl groups is 1. The van der Waals surface area contributed by atoms with Crippen LogP contribution in [0.3, 0.4) is 0 Å². The normalized spacial score (nSPS) is 11.9. The Labute approximate surface area is 198 Å². The smallest absolute Gasteiger partial charge is 0.465 e.